The molecule has 0 amide bonds. The number of hydrogen-bond acceptors (Lipinski definition) is 2. The third kappa shape index (κ3) is 3.26. The van der Waals surface area contributed by atoms with Gasteiger partial charge < -0.3 is 15.8 Å². The zero-order valence-corrected chi connectivity index (χ0v) is 14.4. The Labute approximate surface area is 156 Å². The molecule has 4 N–H and O–H groups in total. The number of nitrogens with one attached hydrogen (secondary N) is 1. The number of benzene rings is 3. The largest absolute Gasteiger partial charge is 0.478 e. The first-order valence-corrected chi connectivity index (χ1v) is 8.43. The number of carboxylic acids is 1. The molecule has 1 heterocycles. The van der Waals surface area contributed by atoms with E-state index < -0.39 is 5.97 Å². The molecule has 1 aromatic heterocycles. The summed E-state index contributed by atoms with van der Waals surface area (Å²) in [6.45, 7) is 0. The van der Waals surface area contributed by atoms with Crippen LogP contribution in [0.5, 0.6) is 0 Å². The lowest BCUT2D eigenvalue weighted by atomic mass is 9.93. The molecule has 4 rings (SSSR count). The number of aromatic carboxylic acids is 1. The number of anilines is 1. The Kier molecular flexibility index (Phi) is 4.12. The predicted molar refractivity (Wildman–Crippen MR) is 108 cm³/mol. The fourth-order valence-electron chi connectivity index (χ4n) is 3.10. The van der Waals surface area contributed by atoms with E-state index in [0.717, 1.165) is 22.0 Å². The molecule has 0 saturated carbocycles. The number of hydrogen-bond donors (Lipinski definition) is 3. The summed E-state index contributed by atoms with van der Waals surface area (Å²) in [5.74, 6) is 5.21. The van der Waals surface area contributed by atoms with E-state index in [4.69, 9.17) is 5.73 Å². The van der Waals surface area contributed by atoms with E-state index in [2.05, 4.69) is 16.8 Å². The normalized spacial score (nSPS) is 10.4. The van der Waals surface area contributed by atoms with Crippen molar-refractivity contribution in [1.82, 2.24) is 4.98 Å². The second kappa shape index (κ2) is 6.74. The highest BCUT2D eigenvalue weighted by atomic mass is 16.4. The number of carboxylic acid groups (broad SMARTS) is 1. The summed E-state index contributed by atoms with van der Waals surface area (Å²) in [6.07, 6.45) is 1.86. The molecule has 0 fully saturated rings. The van der Waals surface area contributed by atoms with E-state index in [9.17, 15) is 9.90 Å². The maximum Gasteiger partial charge on any atom is 0.336 e. The average molecular weight is 352 g/mol. The fraction of sp³-hybridized carbons (Fsp3) is 0. The van der Waals surface area contributed by atoms with Gasteiger partial charge in [-0.2, -0.15) is 0 Å². The minimum Gasteiger partial charge on any atom is -0.478 e. The van der Waals surface area contributed by atoms with Crippen LogP contribution in [0.25, 0.3) is 22.0 Å². The topological polar surface area (TPSA) is 79.1 Å². The first kappa shape index (κ1) is 16.5. The van der Waals surface area contributed by atoms with Crippen molar-refractivity contribution < 1.29 is 9.90 Å². The molecule has 0 spiro atoms. The summed E-state index contributed by atoms with van der Waals surface area (Å²) in [4.78, 5) is 15.0. The molecule has 0 radical (unpaired) electrons. The minimum absolute atomic E-state index is 0.222. The minimum atomic E-state index is -0.982. The Hall–Kier alpha value is -3.97. The highest BCUT2D eigenvalue weighted by Gasteiger charge is 2.15. The molecule has 0 atom stereocenters. The molecule has 0 bridgehead atoms. The molecule has 0 aliphatic rings. The van der Waals surface area contributed by atoms with E-state index >= 15 is 0 Å². The molecule has 0 saturated heterocycles. The molecular weight excluding hydrogens is 336 g/mol. The lowest BCUT2D eigenvalue weighted by molar-refractivity contribution is 0.0697. The zero-order valence-electron chi connectivity index (χ0n) is 14.4. The van der Waals surface area contributed by atoms with Crippen LogP contribution >= 0.6 is 0 Å². The Balaban J connectivity index is 1.90. The molecule has 3 aromatic carbocycles. The van der Waals surface area contributed by atoms with Crippen LogP contribution in [0.1, 0.15) is 21.5 Å². The van der Waals surface area contributed by atoms with Gasteiger partial charge in [-0.05, 0) is 53.4 Å². The van der Waals surface area contributed by atoms with Gasteiger partial charge in [0, 0.05) is 34.1 Å². The monoisotopic (exact) mass is 352 g/mol. The van der Waals surface area contributed by atoms with Gasteiger partial charge in [-0.1, -0.05) is 36.1 Å². The number of aromatic amines is 1. The van der Waals surface area contributed by atoms with Gasteiger partial charge >= 0.3 is 5.97 Å². The van der Waals surface area contributed by atoms with Crippen molar-refractivity contribution in [3.63, 3.8) is 0 Å². The number of aromatic nitrogens is 1. The summed E-state index contributed by atoms with van der Waals surface area (Å²) in [7, 11) is 0. The predicted octanol–water partition coefficient (Wildman–Crippen LogP) is 4.52. The zero-order chi connectivity index (χ0) is 18.8. The van der Waals surface area contributed by atoms with Gasteiger partial charge in [0.2, 0.25) is 0 Å². The number of nitrogen functional groups attached to an aromatic ring is 1. The van der Waals surface area contributed by atoms with Crippen molar-refractivity contribution in [2.45, 2.75) is 0 Å². The van der Waals surface area contributed by atoms with Crippen LogP contribution < -0.4 is 5.73 Å². The summed E-state index contributed by atoms with van der Waals surface area (Å²) >= 11 is 0. The van der Waals surface area contributed by atoms with Gasteiger partial charge in [0.05, 0.1) is 5.56 Å². The number of carbonyl (C=O) groups is 1. The first-order valence-electron chi connectivity index (χ1n) is 8.43. The van der Waals surface area contributed by atoms with Gasteiger partial charge in [0.15, 0.2) is 0 Å². The number of rotatable bonds is 2. The Morgan fingerprint density at radius 1 is 0.963 bits per heavy atom. The van der Waals surface area contributed by atoms with Gasteiger partial charge in [0.1, 0.15) is 0 Å². The summed E-state index contributed by atoms with van der Waals surface area (Å²) in [6, 6.07) is 20.3. The van der Waals surface area contributed by atoms with E-state index in [-0.39, 0.29) is 5.56 Å². The van der Waals surface area contributed by atoms with Crippen molar-refractivity contribution in [3.8, 4) is 23.0 Å². The lowest BCUT2D eigenvalue weighted by Gasteiger charge is -2.10. The second-order valence-electron chi connectivity index (χ2n) is 6.19. The Morgan fingerprint density at radius 2 is 1.81 bits per heavy atom. The van der Waals surface area contributed by atoms with Gasteiger partial charge in [-0.3, -0.25) is 0 Å². The Morgan fingerprint density at radius 3 is 2.63 bits per heavy atom. The van der Waals surface area contributed by atoms with Crippen molar-refractivity contribution >= 4 is 22.6 Å². The average Bonchev–Trinajstić information content (AvgIpc) is 3.13. The van der Waals surface area contributed by atoms with E-state index in [1.54, 1.807) is 24.3 Å². The highest BCUT2D eigenvalue weighted by Crippen LogP contribution is 2.30. The molecule has 4 aromatic rings. The fourth-order valence-corrected chi connectivity index (χ4v) is 3.10. The molecule has 0 aliphatic heterocycles. The van der Waals surface area contributed by atoms with E-state index in [0.29, 0.717) is 16.8 Å². The van der Waals surface area contributed by atoms with E-state index in [1.807, 2.05) is 48.7 Å². The van der Waals surface area contributed by atoms with E-state index in [1.165, 1.54) is 0 Å². The van der Waals surface area contributed by atoms with Gasteiger partial charge in [0.25, 0.3) is 0 Å². The molecule has 27 heavy (non-hydrogen) atoms. The van der Waals surface area contributed by atoms with Crippen LogP contribution in [0.4, 0.5) is 5.69 Å². The van der Waals surface area contributed by atoms with Crippen LogP contribution in [-0.2, 0) is 0 Å². The standard InChI is InChI=1S/C23H16N2O2/c24-19-5-1-3-15(13-19)7-8-17-4-2-6-20(23(26)27)22(17)18-10-9-16-11-12-25-21(16)14-18/h1-6,9-14,25H,24H2,(H,26,27). The summed E-state index contributed by atoms with van der Waals surface area (Å²) in [5, 5.41) is 10.7. The van der Waals surface area contributed by atoms with Crippen molar-refractivity contribution in [2.24, 2.45) is 0 Å². The maximum absolute atomic E-state index is 11.8. The maximum atomic E-state index is 11.8. The van der Waals surface area contributed by atoms with Crippen LogP contribution in [0.2, 0.25) is 0 Å². The van der Waals surface area contributed by atoms with Gasteiger partial charge in [-0.25, -0.2) is 4.79 Å². The van der Waals surface area contributed by atoms with Crippen LogP contribution in [0, 0.1) is 11.8 Å². The smallest absolute Gasteiger partial charge is 0.336 e. The van der Waals surface area contributed by atoms with Gasteiger partial charge in [-0.15, -0.1) is 0 Å². The molecule has 0 aliphatic carbocycles. The van der Waals surface area contributed by atoms with Crippen LogP contribution in [-0.4, -0.2) is 16.1 Å². The number of H-pyrrole nitrogens is 1. The second-order valence-corrected chi connectivity index (χ2v) is 6.19. The molecule has 0 unspecified atom stereocenters. The van der Waals surface area contributed by atoms with Crippen molar-refractivity contribution in [2.75, 3.05) is 5.73 Å². The third-order valence-corrected chi connectivity index (χ3v) is 4.37. The molecule has 130 valence electrons. The summed E-state index contributed by atoms with van der Waals surface area (Å²) < 4.78 is 0. The van der Waals surface area contributed by atoms with Crippen LogP contribution in [0.15, 0.2) is 72.9 Å². The number of nitrogens with two attached hydrogens (primary N) is 1. The third-order valence-electron chi connectivity index (χ3n) is 4.37. The highest BCUT2D eigenvalue weighted by molar-refractivity contribution is 5.99. The van der Waals surface area contributed by atoms with Crippen molar-refractivity contribution in [1.29, 1.82) is 0 Å². The quantitative estimate of drug-likeness (QED) is 0.367. The first-order chi connectivity index (χ1) is 13.1. The number of fused-ring (bicyclic) bond motifs is 1. The SMILES string of the molecule is Nc1cccc(C#Cc2cccc(C(=O)O)c2-c2ccc3cc[nH]c3c2)c1. The Bertz CT molecular complexity index is 1230. The molecule has 4 nitrogen and oxygen atoms in total. The van der Waals surface area contributed by atoms with Crippen LogP contribution in [0.3, 0.4) is 0 Å². The summed E-state index contributed by atoms with van der Waals surface area (Å²) in [5.41, 5.74) is 10.5. The molecule has 4 heteroatoms. The lowest BCUT2D eigenvalue weighted by Crippen LogP contribution is -2.01. The van der Waals surface area contributed by atoms with Crippen molar-refractivity contribution in [3.05, 3.63) is 89.6 Å². The molecular formula is C23H16N2O2.